The Morgan fingerprint density at radius 2 is 2.44 bits per heavy atom. The topological polar surface area (TPSA) is 23.8 Å². The van der Waals surface area contributed by atoms with E-state index in [9.17, 15) is 0 Å². The van der Waals surface area contributed by atoms with Gasteiger partial charge in [0.2, 0.25) is 0 Å². The predicted molar refractivity (Wildman–Crippen MR) is 42.1 cm³/mol. The molecule has 1 nitrogen and oxygen atoms in total. The average molecular weight is 141 g/mol. The van der Waals surface area contributed by atoms with Crippen LogP contribution in [0, 0.1) is 17.2 Å². The smallest absolute Gasteiger partial charge is 0.106 e. The zero-order chi connectivity index (χ0) is 7.28. The highest BCUT2D eigenvalue weighted by molar-refractivity contribution is 7.84. The number of allylic oxidation sites excluding steroid dienone is 2. The fourth-order valence-corrected chi connectivity index (χ4v) is 0.679. The monoisotopic (exact) mass is 141 g/mol. The Hall–Kier alpha value is -0.420. The first-order chi connectivity index (χ1) is 4.20. The Morgan fingerprint density at radius 1 is 1.89 bits per heavy atom. The van der Waals surface area contributed by atoms with Gasteiger partial charge in [0.05, 0.1) is 4.91 Å². The molecule has 9 heavy (non-hydrogen) atoms. The van der Waals surface area contributed by atoms with Crippen LogP contribution >= 0.6 is 12.6 Å². The van der Waals surface area contributed by atoms with Crippen molar-refractivity contribution in [2.24, 2.45) is 5.92 Å². The van der Waals surface area contributed by atoms with Gasteiger partial charge in [0.15, 0.2) is 0 Å². The molecule has 0 aliphatic heterocycles. The summed E-state index contributed by atoms with van der Waals surface area (Å²) in [7, 11) is 0. The summed E-state index contributed by atoms with van der Waals surface area (Å²) in [6.45, 7) is 4.15. The summed E-state index contributed by atoms with van der Waals surface area (Å²) in [5.74, 6) is 0.470. The summed E-state index contributed by atoms with van der Waals surface area (Å²) in [6.07, 6.45) is 2.93. The number of nitrogens with zero attached hydrogens (tertiary/aromatic N) is 1. The number of nitriles is 1. The second-order valence-electron chi connectivity index (χ2n) is 2.05. The fourth-order valence-electron chi connectivity index (χ4n) is 0.425. The van der Waals surface area contributed by atoms with Gasteiger partial charge in [0.25, 0.3) is 0 Å². The van der Waals surface area contributed by atoms with Crippen LogP contribution in [0.1, 0.15) is 20.3 Å². The van der Waals surface area contributed by atoms with Crippen LogP contribution in [0.3, 0.4) is 0 Å². The van der Waals surface area contributed by atoms with Crippen molar-refractivity contribution in [3.05, 3.63) is 11.0 Å². The number of thiol groups is 1. The number of hydrogen-bond acceptors (Lipinski definition) is 2. The van der Waals surface area contributed by atoms with Gasteiger partial charge in [-0.15, -0.1) is 12.6 Å². The molecule has 0 spiro atoms. The summed E-state index contributed by atoms with van der Waals surface area (Å²) < 4.78 is 0. The molecule has 0 bridgehead atoms. The first-order valence-corrected chi connectivity index (χ1v) is 3.46. The molecule has 0 aromatic heterocycles. The minimum atomic E-state index is 0.470. The molecule has 50 valence electrons. The van der Waals surface area contributed by atoms with Gasteiger partial charge in [-0.1, -0.05) is 26.3 Å². The lowest BCUT2D eigenvalue weighted by molar-refractivity contribution is 0.698. The van der Waals surface area contributed by atoms with E-state index in [1.54, 1.807) is 0 Å². The zero-order valence-electron chi connectivity index (χ0n) is 5.76. The van der Waals surface area contributed by atoms with Crippen molar-refractivity contribution in [3.63, 3.8) is 0 Å². The highest BCUT2D eigenvalue weighted by atomic mass is 32.1. The first kappa shape index (κ1) is 8.58. The standard InChI is InChI=1S/C7H11NS/c1-3-6(2)4-7(9)5-8/h4,6,9H,3H2,1-2H3/b7-4-. The third-order valence-corrected chi connectivity index (χ3v) is 1.45. The van der Waals surface area contributed by atoms with E-state index in [0.717, 1.165) is 6.42 Å². The molecule has 0 rings (SSSR count). The summed E-state index contributed by atoms with van der Waals surface area (Å²) in [6, 6.07) is 1.96. The van der Waals surface area contributed by atoms with Gasteiger partial charge in [-0.2, -0.15) is 5.26 Å². The highest BCUT2D eigenvalue weighted by Crippen LogP contribution is 2.08. The maximum atomic E-state index is 8.28. The summed E-state index contributed by atoms with van der Waals surface area (Å²) in [5.41, 5.74) is 0. The first-order valence-electron chi connectivity index (χ1n) is 3.01. The zero-order valence-corrected chi connectivity index (χ0v) is 6.65. The maximum absolute atomic E-state index is 8.28. The fraction of sp³-hybridized carbons (Fsp3) is 0.571. The summed E-state index contributed by atoms with van der Waals surface area (Å²) in [4.78, 5) is 0.518. The van der Waals surface area contributed by atoms with Gasteiger partial charge >= 0.3 is 0 Å². The lowest BCUT2D eigenvalue weighted by Crippen LogP contribution is -1.84. The number of hydrogen-bond donors (Lipinski definition) is 1. The minimum absolute atomic E-state index is 0.470. The Morgan fingerprint density at radius 3 is 2.78 bits per heavy atom. The van der Waals surface area contributed by atoms with Gasteiger partial charge < -0.3 is 0 Å². The van der Waals surface area contributed by atoms with Crippen molar-refractivity contribution in [3.8, 4) is 6.07 Å². The third kappa shape index (κ3) is 4.11. The van der Waals surface area contributed by atoms with Crippen molar-refractivity contribution >= 4 is 12.6 Å². The molecule has 0 saturated carbocycles. The second-order valence-corrected chi connectivity index (χ2v) is 2.53. The lowest BCUT2D eigenvalue weighted by Gasteiger charge is -1.97. The molecule has 0 radical (unpaired) electrons. The molecule has 0 saturated heterocycles. The van der Waals surface area contributed by atoms with Crippen LogP contribution < -0.4 is 0 Å². The van der Waals surface area contributed by atoms with Crippen LogP contribution in [-0.4, -0.2) is 0 Å². The van der Waals surface area contributed by atoms with Crippen LogP contribution in [0.15, 0.2) is 11.0 Å². The predicted octanol–water partition coefficient (Wildman–Crippen LogP) is 2.37. The van der Waals surface area contributed by atoms with E-state index in [1.807, 2.05) is 12.1 Å². The normalized spacial score (nSPS) is 14.7. The Balaban J connectivity index is 3.83. The van der Waals surface area contributed by atoms with Gasteiger partial charge in [-0.25, -0.2) is 0 Å². The van der Waals surface area contributed by atoms with Crippen LogP contribution in [0.25, 0.3) is 0 Å². The van der Waals surface area contributed by atoms with E-state index >= 15 is 0 Å². The molecule has 0 N–H and O–H groups in total. The second kappa shape index (κ2) is 4.46. The van der Waals surface area contributed by atoms with Crippen molar-refractivity contribution in [1.82, 2.24) is 0 Å². The molecule has 1 atom stereocenters. The summed E-state index contributed by atoms with van der Waals surface area (Å²) in [5, 5.41) is 8.28. The molecule has 2 heteroatoms. The Kier molecular flexibility index (Phi) is 4.25. The van der Waals surface area contributed by atoms with E-state index in [4.69, 9.17) is 5.26 Å². The van der Waals surface area contributed by atoms with Crippen LogP contribution in [0.2, 0.25) is 0 Å². The molecule has 0 fully saturated rings. The van der Waals surface area contributed by atoms with Crippen molar-refractivity contribution in [1.29, 1.82) is 5.26 Å². The van der Waals surface area contributed by atoms with Crippen molar-refractivity contribution < 1.29 is 0 Å². The van der Waals surface area contributed by atoms with E-state index in [0.29, 0.717) is 10.8 Å². The average Bonchev–Trinajstić information content (AvgIpc) is 1.87. The molecule has 0 aliphatic carbocycles. The van der Waals surface area contributed by atoms with Crippen LogP contribution in [0.5, 0.6) is 0 Å². The van der Waals surface area contributed by atoms with E-state index in [2.05, 4.69) is 26.5 Å². The van der Waals surface area contributed by atoms with Gasteiger partial charge in [0, 0.05) is 0 Å². The SMILES string of the molecule is CCC(C)/C=C(\S)C#N. The van der Waals surface area contributed by atoms with Crippen molar-refractivity contribution in [2.45, 2.75) is 20.3 Å². The number of rotatable bonds is 2. The highest BCUT2D eigenvalue weighted by Gasteiger charge is 1.93. The van der Waals surface area contributed by atoms with E-state index in [1.165, 1.54) is 0 Å². The molecular formula is C7H11NS. The lowest BCUT2D eigenvalue weighted by atomic mass is 10.1. The molecule has 0 heterocycles. The van der Waals surface area contributed by atoms with Crippen molar-refractivity contribution in [2.75, 3.05) is 0 Å². The largest absolute Gasteiger partial charge is 0.192 e. The van der Waals surface area contributed by atoms with Crippen LogP contribution in [-0.2, 0) is 0 Å². The van der Waals surface area contributed by atoms with E-state index in [-0.39, 0.29) is 0 Å². The molecule has 0 aromatic carbocycles. The molecule has 0 aliphatic rings. The van der Waals surface area contributed by atoms with Gasteiger partial charge in [0.1, 0.15) is 6.07 Å². The minimum Gasteiger partial charge on any atom is -0.192 e. The van der Waals surface area contributed by atoms with E-state index < -0.39 is 0 Å². The summed E-state index contributed by atoms with van der Waals surface area (Å²) >= 11 is 3.92. The van der Waals surface area contributed by atoms with Gasteiger partial charge in [-0.3, -0.25) is 0 Å². The Bertz CT molecular complexity index is 143. The molecular weight excluding hydrogens is 130 g/mol. The van der Waals surface area contributed by atoms with Crippen LogP contribution in [0.4, 0.5) is 0 Å². The third-order valence-electron chi connectivity index (χ3n) is 1.20. The Labute approximate surface area is 61.8 Å². The maximum Gasteiger partial charge on any atom is 0.106 e. The molecule has 0 amide bonds. The quantitative estimate of drug-likeness (QED) is 0.463. The van der Waals surface area contributed by atoms with Gasteiger partial charge in [-0.05, 0) is 5.92 Å². The molecule has 1 unspecified atom stereocenters. The molecule has 0 aromatic rings.